The monoisotopic (exact) mass is 398 g/mol. The highest BCUT2D eigenvalue weighted by atomic mass is 16.1. The minimum absolute atomic E-state index is 0.158. The molecule has 7 heteroatoms. The Bertz CT molecular complexity index is 1260. The summed E-state index contributed by atoms with van der Waals surface area (Å²) >= 11 is 0. The van der Waals surface area contributed by atoms with Gasteiger partial charge in [-0.05, 0) is 48.9 Å². The molecule has 3 aromatic heterocycles. The molecule has 4 aromatic rings. The number of amides is 1. The number of pyridine rings is 2. The van der Waals surface area contributed by atoms with Crippen LogP contribution in [-0.2, 0) is 20.0 Å². The number of carbonyl (C=O) groups is 1. The third kappa shape index (κ3) is 3.55. The van der Waals surface area contributed by atoms with Gasteiger partial charge < -0.3 is 10.2 Å². The first kappa shape index (κ1) is 18.4. The van der Waals surface area contributed by atoms with Gasteiger partial charge in [-0.15, -0.1) is 0 Å². The summed E-state index contributed by atoms with van der Waals surface area (Å²) in [6, 6.07) is 9.83. The van der Waals surface area contributed by atoms with Crippen LogP contribution in [0.1, 0.15) is 21.5 Å². The zero-order valence-electron chi connectivity index (χ0n) is 17.0. The Kier molecular flexibility index (Phi) is 4.52. The van der Waals surface area contributed by atoms with E-state index in [1.807, 2.05) is 43.7 Å². The topological polar surface area (TPSA) is 75.9 Å². The SMILES string of the molecule is CN1CCc2ccc(C(=O)Nc3cc4cc(-c5cnn(C)c5)cnc4cn3)cc2C1. The normalized spacial score (nSPS) is 13.9. The Labute approximate surface area is 174 Å². The van der Waals surface area contributed by atoms with Crippen LogP contribution in [0.4, 0.5) is 5.82 Å². The lowest BCUT2D eigenvalue weighted by molar-refractivity contribution is 0.102. The second-order valence-corrected chi connectivity index (χ2v) is 7.81. The number of hydrogen-bond donors (Lipinski definition) is 1. The maximum Gasteiger partial charge on any atom is 0.256 e. The van der Waals surface area contributed by atoms with Gasteiger partial charge in [0.25, 0.3) is 5.91 Å². The molecule has 4 heterocycles. The molecule has 5 rings (SSSR count). The van der Waals surface area contributed by atoms with Crippen molar-refractivity contribution in [2.45, 2.75) is 13.0 Å². The third-order valence-corrected chi connectivity index (χ3v) is 5.52. The quantitative estimate of drug-likeness (QED) is 0.573. The van der Waals surface area contributed by atoms with Crippen molar-refractivity contribution in [2.24, 2.45) is 7.05 Å². The molecule has 0 radical (unpaired) electrons. The van der Waals surface area contributed by atoms with Crippen LogP contribution >= 0.6 is 0 Å². The predicted molar refractivity (Wildman–Crippen MR) is 116 cm³/mol. The van der Waals surface area contributed by atoms with Gasteiger partial charge >= 0.3 is 0 Å². The van der Waals surface area contributed by atoms with E-state index in [0.717, 1.165) is 41.5 Å². The molecule has 0 atom stereocenters. The van der Waals surface area contributed by atoms with Crippen LogP contribution in [0.25, 0.3) is 22.0 Å². The van der Waals surface area contributed by atoms with Crippen LogP contribution in [-0.4, -0.2) is 44.1 Å². The fraction of sp³-hybridized carbons (Fsp3) is 0.217. The van der Waals surface area contributed by atoms with E-state index >= 15 is 0 Å². The molecule has 0 saturated heterocycles. The lowest BCUT2D eigenvalue weighted by atomic mass is 9.97. The van der Waals surface area contributed by atoms with Crippen LogP contribution < -0.4 is 5.32 Å². The average molecular weight is 398 g/mol. The maximum atomic E-state index is 12.8. The lowest BCUT2D eigenvalue weighted by Crippen LogP contribution is -2.27. The fourth-order valence-corrected chi connectivity index (χ4v) is 3.86. The molecule has 1 amide bonds. The Morgan fingerprint density at radius 2 is 1.90 bits per heavy atom. The summed E-state index contributed by atoms with van der Waals surface area (Å²) in [5.41, 5.74) is 5.92. The number of carbonyl (C=O) groups excluding carboxylic acids is 1. The van der Waals surface area contributed by atoms with Crippen LogP contribution in [0, 0.1) is 0 Å². The molecule has 0 fully saturated rings. The highest BCUT2D eigenvalue weighted by Gasteiger charge is 2.16. The van der Waals surface area contributed by atoms with Crippen molar-refractivity contribution in [3.63, 3.8) is 0 Å². The van der Waals surface area contributed by atoms with Crippen LogP contribution in [0.3, 0.4) is 0 Å². The largest absolute Gasteiger partial charge is 0.307 e. The van der Waals surface area contributed by atoms with Crippen molar-refractivity contribution in [3.8, 4) is 11.1 Å². The third-order valence-electron chi connectivity index (χ3n) is 5.52. The smallest absolute Gasteiger partial charge is 0.256 e. The molecule has 30 heavy (non-hydrogen) atoms. The van der Waals surface area contributed by atoms with E-state index in [2.05, 4.69) is 38.4 Å². The summed E-state index contributed by atoms with van der Waals surface area (Å²) in [6.07, 6.45) is 8.26. The molecule has 0 bridgehead atoms. The zero-order valence-corrected chi connectivity index (χ0v) is 17.0. The summed E-state index contributed by atoms with van der Waals surface area (Å²) in [6.45, 7) is 1.92. The second-order valence-electron chi connectivity index (χ2n) is 7.81. The number of aryl methyl sites for hydroxylation is 1. The van der Waals surface area contributed by atoms with Gasteiger partial charge in [-0.2, -0.15) is 5.10 Å². The average Bonchev–Trinajstić information content (AvgIpc) is 3.19. The molecule has 1 N–H and O–H groups in total. The van der Waals surface area contributed by atoms with E-state index in [0.29, 0.717) is 11.4 Å². The summed E-state index contributed by atoms with van der Waals surface area (Å²) in [5, 5.41) is 8.05. The molecule has 0 spiro atoms. The summed E-state index contributed by atoms with van der Waals surface area (Å²) < 4.78 is 1.76. The number of nitrogens with zero attached hydrogens (tertiary/aromatic N) is 5. The highest BCUT2D eigenvalue weighted by Crippen LogP contribution is 2.24. The van der Waals surface area contributed by atoms with Gasteiger partial charge in [0.2, 0.25) is 0 Å². The van der Waals surface area contributed by atoms with Crippen molar-refractivity contribution >= 4 is 22.6 Å². The molecule has 1 aliphatic heterocycles. The van der Waals surface area contributed by atoms with Crippen LogP contribution in [0.2, 0.25) is 0 Å². The minimum Gasteiger partial charge on any atom is -0.307 e. The number of hydrogen-bond acceptors (Lipinski definition) is 5. The zero-order chi connectivity index (χ0) is 20.7. The molecule has 0 unspecified atom stereocenters. The Morgan fingerprint density at radius 3 is 2.73 bits per heavy atom. The Hall–Kier alpha value is -3.58. The van der Waals surface area contributed by atoms with Crippen molar-refractivity contribution in [3.05, 3.63) is 71.8 Å². The van der Waals surface area contributed by atoms with Crippen molar-refractivity contribution < 1.29 is 4.79 Å². The van der Waals surface area contributed by atoms with Gasteiger partial charge in [0.15, 0.2) is 0 Å². The van der Waals surface area contributed by atoms with E-state index < -0.39 is 0 Å². The molecular formula is C23H22N6O. The maximum absolute atomic E-state index is 12.8. The van der Waals surface area contributed by atoms with Crippen molar-refractivity contribution in [1.82, 2.24) is 24.6 Å². The summed E-state index contributed by atoms with van der Waals surface area (Å²) in [7, 11) is 3.98. The van der Waals surface area contributed by atoms with Gasteiger partial charge in [0.05, 0.1) is 17.9 Å². The fourth-order valence-electron chi connectivity index (χ4n) is 3.86. The van der Waals surface area contributed by atoms with Gasteiger partial charge in [0.1, 0.15) is 5.82 Å². The first-order chi connectivity index (χ1) is 14.5. The van der Waals surface area contributed by atoms with Crippen LogP contribution in [0.15, 0.2) is 55.1 Å². The van der Waals surface area contributed by atoms with Gasteiger partial charge in [-0.3, -0.25) is 14.5 Å². The number of anilines is 1. The first-order valence-corrected chi connectivity index (χ1v) is 9.92. The number of likely N-dealkylation sites (N-methyl/N-ethyl adjacent to an activating group) is 1. The second kappa shape index (κ2) is 7.35. The van der Waals surface area contributed by atoms with E-state index in [9.17, 15) is 4.79 Å². The number of fused-ring (bicyclic) bond motifs is 2. The van der Waals surface area contributed by atoms with E-state index in [1.54, 1.807) is 17.1 Å². The standard InChI is InChI=1S/C23H22N6O/c1-28-6-5-15-3-4-16(7-19(15)13-28)23(30)27-22-9-17-8-18(10-24-21(17)12-25-22)20-11-26-29(2)14-20/h3-4,7-12,14H,5-6,13H2,1-2H3,(H,25,27,30). The molecule has 1 aromatic carbocycles. The van der Waals surface area contributed by atoms with Crippen molar-refractivity contribution in [1.29, 1.82) is 0 Å². The summed E-state index contributed by atoms with van der Waals surface area (Å²) in [5.74, 6) is 0.349. The molecule has 0 saturated carbocycles. The van der Waals surface area contributed by atoms with Gasteiger partial charge in [-0.25, -0.2) is 4.98 Å². The van der Waals surface area contributed by atoms with Crippen molar-refractivity contribution in [2.75, 3.05) is 18.9 Å². The molecule has 7 nitrogen and oxygen atoms in total. The molecule has 150 valence electrons. The molecular weight excluding hydrogens is 376 g/mol. The van der Waals surface area contributed by atoms with Gasteiger partial charge in [-0.1, -0.05) is 6.07 Å². The summed E-state index contributed by atoms with van der Waals surface area (Å²) in [4.78, 5) is 23.9. The number of benzene rings is 1. The Morgan fingerprint density at radius 1 is 1.00 bits per heavy atom. The minimum atomic E-state index is -0.158. The number of aromatic nitrogens is 4. The Balaban J connectivity index is 1.41. The molecule has 0 aliphatic carbocycles. The predicted octanol–water partition coefficient (Wildman–Crippen LogP) is 3.27. The van der Waals surface area contributed by atoms with Crippen LogP contribution in [0.5, 0.6) is 0 Å². The lowest BCUT2D eigenvalue weighted by Gasteiger charge is -2.25. The van der Waals surface area contributed by atoms with Gasteiger partial charge in [0, 0.05) is 54.6 Å². The van der Waals surface area contributed by atoms with E-state index in [4.69, 9.17) is 0 Å². The first-order valence-electron chi connectivity index (χ1n) is 9.92. The van der Waals surface area contributed by atoms with E-state index in [1.165, 1.54) is 11.1 Å². The number of rotatable bonds is 3. The molecule has 1 aliphatic rings. The van der Waals surface area contributed by atoms with E-state index in [-0.39, 0.29) is 5.91 Å². The highest BCUT2D eigenvalue weighted by molar-refractivity contribution is 6.04. The number of nitrogens with one attached hydrogen (secondary N) is 1.